The minimum Gasteiger partial charge on any atom is -0.493 e. The fourth-order valence-corrected chi connectivity index (χ4v) is 3.74. The normalized spacial score (nSPS) is 14.6. The average Bonchev–Trinajstić information content (AvgIpc) is 3.18. The monoisotopic (exact) mass is 401 g/mol. The Morgan fingerprint density at radius 3 is 2.17 bits per heavy atom. The second-order valence-corrected chi connectivity index (χ2v) is 7.07. The van der Waals surface area contributed by atoms with E-state index in [-0.39, 0.29) is 24.0 Å². The van der Waals surface area contributed by atoms with Gasteiger partial charge in [-0.15, -0.1) is 0 Å². The third-order valence-electron chi connectivity index (χ3n) is 5.37. The molecule has 0 saturated carbocycles. The van der Waals surface area contributed by atoms with E-state index in [1.807, 2.05) is 4.90 Å². The number of nitrogens with zero attached hydrogens (tertiary/aromatic N) is 3. The highest BCUT2D eigenvalue weighted by Gasteiger charge is 2.29. The number of hydrogen-bond acceptors (Lipinski definition) is 6. The van der Waals surface area contributed by atoms with Gasteiger partial charge in [-0.25, -0.2) is 0 Å². The number of piperidine rings is 1. The molecule has 0 radical (unpaired) electrons. The van der Waals surface area contributed by atoms with Crippen LogP contribution in [-0.2, 0) is 18.3 Å². The highest BCUT2D eigenvalue weighted by Crippen LogP contribution is 2.38. The number of ketones is 1. The minimum absolute atomic E-state index is 0.0192. The summed E-state index contributed by atoms with van der Waals surface area (Å²) in [6, 6.07) is 5.32. The molecule has 0 N–H and O–H groups in total. The molecule has 156 valence electrons. The second-order valence-electron chi connectivity index (χ2n) is 7.07. The molecule has 1 aromatic heterocycles. The summed E-state index contributed by atoms with van der Waals surface area (Å²) in [5.41, 5.74) is 1.41. The number of carbonyl (C=O) groups is 2. The first-order chi connectivity index (χ1) is 14.0. The molecule has 3 rings (SSSR count). The molecule has 1 fully saturated rings. The standard InChI is InChI=1S/C21H27N3O5/c1-23-16(5-8-22-23)20(26)15-6-9-24(10-7-15)19(25)13-14-11-17(27-2)21(29-4)18(12-14)28-3/h5,8,11-12,15H,6-7,9-10,13H2,1-4H3. The van der Waals surface area contributed by atoms with E-state index in [0.29, 0.717) is 48.9 Å². The molecule has 1 aliphatic heterocycles. The molecule has 1 aliphatic rings. The summed E-state index contributed by atoms with van der Waals surface area (Å²) in [4.78, 5) is 27.3. The molecule has 1 amide bonds. The van der Waals surface area contributed by atoms with E-state index in [1.54, 1.807) is 57.5 Å². The number of Topliss-reactive ketones (excluding diaryl/α,β-unsaturated/α-hetero) is 1. The highest BCUT2D eigenvalue weighted by atomic mass is 16.5. The van der Waals surface area contributed by atoms with Crippen molar-refractivity contribution in [1.82, 2.24) is 14.7 Å². The summed E-state index contributed by atoms with van der Waals surface area (Å²) in [5.74, 6) is 1.59. The average molecular weight is 401 g/mol. The number of aryl methyl sites for hydroxylation is 1. The Labute approximate surface area is 170 Å². The number of aromatic nitrogens is 2. The van der Waals surface area contributed by atoms with Gasteiger partial charge in [0.2, 0.25) is 11.7 Å². The van der Waals surface area contributed by atoms with Crippen LogP contribution in [0.4, 0.5) is 0 Å². The van der Waals surface area contributed by atoms with Crippen molar-refractivity contribution < 1.29 is 23.8 Å². The van der Waals surface area contributed by atoms with E-state index in [0.717, 1.165) is 5.56 Å². The van der Waals surface area contributed by atoms with Gasteiger partial charge in [0.25, 0.3) is 0 Å². The first-order valence-electron chi connectivity index (χ1n) is 9.57. The number of carbonyl (C=O) groups excluding carboxylic acids is 2. The van der Waals surface area contributed by atoms with Crippen LogP contribution in [-0.4, -0.2) is 60.8 Å². The van der Waals surface area contributed by atoms with Gasteiger partial charge in [0, 0.05) is 32.3 Å². The molecule has 1 aromatic carbocycles. The van der Waals surface area contributed by atoms with Crippen molar-refractivity contribution in [3.63, 3.8) is 0 Å². The number of ether oxygens (including phenoxy) is 3. The maximum absolute atomic E-state index is 12.8. The van der Waals surface area contributed by atoms with Crippen LogP contribution in [0.15, 0.2) is 24.4 Å². The number of rotatable bonds is 7. The van der Waals surface area contributed by atoms with Crippen LogP contribution in [0.3, 0.4) is 0 Å². The van der Waals surface area contributed by atoms with E-state index in [1.165, 1.54) is 0 Å². The quantitative estimate of drug-likeness (QED) is 0.661. The topological polar surface area (TPSA) is 82.9 Å². The van der Waals surface area contributed by atoms with E-state index in [2.05, 4.69) is 5.10 Å². The van der Waals surface area contributed by atoms with Gasteiger partial charge in [-0.3, -0.25) is 14.3 Å². The Kier molecular flexibility index (Phi) is 6.41. The van der Waals surface area contributed by atoms with Crippen molar-refractivity contribution in [2.75, 3.05) is 34.4 Å². The Balaban J connectivity index is 1.63. The minimum atomic E-state index is -0.0735. The van der Waals surface area contributed by atoms with Gasteiger partial charge in [0.15, 0.2) is 17.3 Å². The number of methoxy groups -OCH3 is 3. The first-order valence-corrected chi connectivity index (χ1v) is 9.57. The predicted octanol–water partition coefficient (Wildman–Crippen LogP) is 2.11. The SMILES string of the molecule is COc1cc(CC(=O)N2CCC(C(=O)c3ccnn3C)CC2)cc(OC)c1OC. The number of amides is 1. The van der Waals surface area contributed by atoms with Gasteiger partial charge in [-0.05, 0) is 36.6 Å². The fraction of sp³-hybridized carbons (Fsp3) is 0.476. The molecule has 0 atom stereocenters. The zero-order valence-corrected chi connectivity index (χ0v) is 17.3. The highest BCUT2D eigenvalue weighted by molar-refractivity contribution is 5.96. The van der Waals surface area contributed by atoms with Gasteiger partial charge < -0.3 is 19.1 Å². The van der Waals surface area contributed by atoms with Crippen molar-refractivity contribution in [2.45, 2.75) is 19.3 Å². The summed E-state index contributed by atoms with van der Waals surface area (Å²) in [6.07, 6.45) is 3.18. The van der Waals surface area contributed by atoms with Crippen molar-refractivity contribution in [1.29, 1.82) is 0 Å². The lowest BCUT2D eigenvalue weighted by Gasteiger charge is -2.31. The molecule has 0 aliphatic carbocycles. The molecule has 0 bridgehead atoms. The zero-order valence-electron chi connectivity index (χ0n) is 17.3. The molecular weight excluding hydrogens is 374 g/mol. The van der Waals surface area contributed by atoms with Crippen molar-refractivity contribution in [3.05, 3.63) is 35.7 Å². The van der Waals surface area contributed by atoms with Gasteiger partial charge in [-0.1, -0.05) is 0 Å². The van der Waals surface area contributed by atoms with Crippen molar-refractivity contribution in [3.8, 4) is 17.2 Å². The summed E-state index contributed by atoms with van der Waals surface area (Å²) >= 11 is 0. The van der Waals surface area contributed by atoms with Crippen LogP contribution in [0.1, 0.15) is 28.9 Å². The maximum atomic E-state index is 12.8. The van der Waals surface area contributed by atoms with Crippen LogP contribution in [0, 0.1) is 5.92 Å². The third kappa shape index (κ3) is 4.36. The zero-order chi connectivity index (χ0) is 21.0. The Morgan fingerprint density at radius 1 is 1.07 bits per heavy atom. The smallest absolute Gasteiger partial charge is 0.226 e. The van der Waals surface area contributed by atoms with E-state index >= 15 is 0 Å². The van der Waals surface area contributed by atoms with E-state index < -0.39 is 0 Å². The number of likely N-dealkylation sites (tertiary alicyclic amines) is 1. The molecule has 29 heavy (non-hydrogen) atoms. The summed E-state index contributed by atoms with van der Waals surface area (Å²) in [6.45, 7) is 1.13. The lowest BCUT2D eigenvalue weighted by Crippen LogP contribution is -2.41. The van der Waals surface area contributed by atoms with Gasteiger partial charge in [-0.2, -0.15) is 5.10 Å². The molecule has 2 heterocycles. The molecule has 8 heteroatoms. The second kappa shape index (κ2) is 8.98. The predicted molar refractivity (Wildman–Crippen MR) is 107 cm³/mol. The van der Waals surface area contributed by atoms with Crippen LogP contribution in [0.2, 0.25) is 0 Å². The Morgan fingerprint density at radius 2 is 1.69 bits per heavy atom. The van der Waals surface area contributed by atoms with E-state index in [4.69, 9.17) is 14.2 Å². The molecule has 8 nitrogen and oxygen atoms in total. The molecule has 2 aromatic rings. The van der Waals surface area contributed by atoms with E-state index in [9.17, 15) is 9.59 Å². The third-order valence-corrected chi connectivity index (χ3v) is 5.37. The first kappa shape index (κ1) is 20.7. The molecule has 0 spiro atoms. The summed E-state index contributed by atoms with van der Waals surface area (Å²) < 4.78 is 17.6. The van der Waals surface area contributed by atoms with Crippen molar-refractivity contribution in [2.24, 2.45) is 13.0 Å². The maximum Gasteiger partial charge on any atom is 0.226 e. The Bertz CT molecular complexity index is 859. The number of benzene rings is 1. The number of hydrogen-bond donors (Lipinski definition) is 0. The van der Waals surface area contributed by atoms with Crippen LogP contribution in [0.25, 0.3) is 0 Å². The Hall–Kier alpha value is -3.03. The molecular formula is C21H27N3O5. The molecule has 1 saturated heterocycles. The lowest BCUT2D eigenvalue weighted by atomic mass is 9.90. The van der Waals surface area contributed by atoms with Crippen LogP contribution < -0.4 is 14.2 Å². The van der Waals surface area contributed by atoms with Gasteiger partial charge in [0.1, 0.15) is 5.69 Å². The molecule has 0 unspecified atom stereocenters. The fourth-order valence-electron chi connectivity index (χ4n) is 3.74. The largest absolute Gasteiger partial charge is 0.493 e. The summed E-state index contributed by atoms with van der Waals surface area (Å²) in [7, 11) is 6.41. The van der Waals surface area contributed by atoms with Gasteiger partial charge in [0.05, 0.1) is 27.8 Å². The van der Waals surface area contributed by atoms with Crippen LogP contribution in [0.5, 0.6) is 17.2 Å². The summed E-state index contributed by atoms with van der Waals surface area (Å²) in [5, 5.41) is 4.06. The van der Waals surface area contributed by atoms with Crippen molar-refractivity contribution >= 4 is 11.7 Å². The lowest BCUT2D eigenvalue weighted by molar-refractivity contribution is -0.131. The van der Waals surface area contributed by atoms with Crippen LogP contribution >= 0.6 is 0 Å². The van der Waals surface area contributed by atoms with Gasteiger partial charge >= 0.3 is 0 Å².